The fourth-order valence-corrected chi connectivity index (χ4v) is 2.34. The Kier molecular flexibility index (Phi) is 5.05. The predicted molar refractivity (Wildman–Crippen MR) is 66.4 cm³/mol. The molecule has 0 saturated heterocycles. The number of hydrogen-bond donors (Lipinski definition) is 0. The summed E-state index contributed by atoms with van der Waals surface area (Å²) in [6.07, 6.45) is -2.58. The summed E-state index contributed by atoms with van der Waals surface area (Å²) in [6, 6.07) is 4.85. The summed E-state index contributed by atoms with van der Waals surface area (Å²) in [5, 5.41) is 0.345. The Morgan fingerprint density at radius 2 is 2.06 bits per heavy atom. The minimum absolute atomic E-state index is 0.0588. The molecule has 88 valence electrons. The van der Waals surface area contributed by atoms with Crippen molar-refractivity contribution in [3.8, 4) is 0 Å². The summed E-state index contributed by atoms with van der Waals surface area (Å²) in [5.41, 5.74) is 0.800. The van der Waals surface area contributed by atoms with Crippen LogP contribution in [0.3, 0.4) is 0 Å². The van der Waals surface area contributed by atoms with Crippen molar-refractivity contribution < 1.29 is 13.6 Å². The van der Waals surface area contributed by atoms with E-state index in [-0.39, 0.29) is 11.3 Å². The number of Topliss-reactive ketones (excluding diaryl/α,β-unsaturated/α-hetero) is 1. The zero-order valence-corrected chi connectivity index (χ0v) is 11.7. The number of carbonyl (C=O) groups is 1. The summed E-state index contributed by atoms with van der Waals surface area (Å²) >= 11 is 6.30. The van der Waals surface area contributed by atoms with Gasteiger partial charge in [-0.2, -0.15) is 0 Å². The highest BCUT2D eigenvalue weighted by Gasteiger charge is 2.23. The summed E-state index contributed by atoms with van der Waals surface area (Å²) in [5.74, 6) is -0.186. The molecular formula is C11H10Br2F2O. The van der Waals surface area contributed by atoms with Crippen LogP contribution in [0.25, 0.3) is 0 Å². The second-order valence-electron chi connectivity index (χ2n) is 3.33. The molecule has 0 aliphatic heterocycles. The molecule has 0 aliphatic carbocycles. The van der Waals surface area contributed by atoms with Crippen molar-refractivity contribution in [3.63, 3.8) is 0 Å². The van der Waals surface area contributed by atoms with Gasteiger partial charge in [0.05, 0.1) is 4.83 Å². The van der Waals surface area contributed by atoms with Crippen LogP contribution in [0.1, 0.15) is 34.9 Å². The number of ketones is 1. The van der Waals surface area contributed by atoms with Crippen molar-refractivity contribution in [3.05, 3.63) is 34.9 Å². The van der Waals surface area contributed by atoms with Crippen LogP contribution >= 0.6 is 31.9 Å². The van der Waals surface area contributed by atoms with Crippen LogP contribution in [0.5, 0.6) is 0 Å². The highest BCUT2D eigenvalue weighted by molar-refractivity contribution is 9.09. The average molecular weight is 356 g/mol. The van der Waals surface area contributed by atoms with Gasteiger partial charge in [-0.05, 0) is 18.1 Å². The molecule has 1 atom stereocenters. The lowest BCUT2D eigenvalue weighted by atomic mass is 9.98. The summed E-state index contributed by atoms with van der Waals surface area (Å²) in [7, 11) is 0. The molecule has 5 heteroatoms. The third-order valence-corrected chi connectivity index (χ3v) is 3.96. The van der Waals surface area contributed by atoms with Crippen molar-refractivity contribution in [2.75, 3.05) is 0 Å². The molecule has 0 saturated carbocycles. The maximum Gasteiger partial charge on any atom is 0.264 e. The Morgan fingerprint density at radius 1 is 1.44 bits per heavy atom. The van der Waals surface area contributed by atoms with Crippen LogP contribution < -0.4 is 0 Å². The fourth-order valence-electron chi connectivity index (χ4n) is 1.46. The van der Waals surface area contributed by atoms with E-state index in [9.17, 15) is 13.6 Å². The molecule has 0 aliphatic rings. The molecule has 1 rings (SSSR count). The molecule has 1 unspecified atom stereocenters. The normalized spacial score (nSPS) is 12.9. The van der Waals surface area contributed by atoms with E-state index in [0.717, 1.165) is 0 Å². The molecule has 0 fully saturated rings. The zero-order valence-electron chi connectivity index (χ0n) is 8.51. The Hall–Kier alpha value is -0.290. The SMILES string of the molecule is CC(=O)C(Br)c1cccc(CBr)c1C(F)F. The van der Waals surface area contributed by atoms with E-state index < -0.39 is 11.3 Å². The monoisotopic (exact) mass is 354 g/mol. The molecular weight excluding hydrogens is 346 g/mol. The molecule has 0 aromatic heterocycles. The molecule has 1 aromatic carbocycles. The zero-order chi connectivity index (χ0) is 12.3. The molecule has 16 heavy (non-hydrogen) atoms. The standard InChI is InChI=1S/C11H10Br2F2O/c1-6(16)10(13)8-4-2-3-7(5-12)9(8)11(14)15/h2-4,10-11H,5H2,1H3. The number of halogens is 4. The van der Waals surface area contributed by atoms with E-state index in [2.05, 4.69) is 31.9 Å². The quantitative estimate of drug-likeness (QED) is 0.724. The van der Waals surface area contributed by atoms with E-state index in [1.54, 1.807) is 18.2 Å². The van der Waals surface area contributed by atoms with Gasteiger partial charge in [0.1, 0.15) is 5.78 Å². The maximum atomic E-state index is 12.9. The van der Waals surface area contributed by atoms with Crippen LogP contribution in [-0.4, -0.2) is 5.78 Å². The Labute approximate surface area is 109 Å². The molecule has 0 radical (unpaired) electrons. The van der Waals surface area contributed by atoms with E-state index in [4.69, 9.17) is 0 Å². The van der Waals surface area contributed by atoms with Crippen LogP contribution in [-0.2, 0) is 10.1 Å². The van der Waals surface area contributed by atoms with Gasteiger partial charge in [-0.25, -0.2) is 8.78 Å². The largest absolute Gasteiger partial charge is 0.298 e. The molecule has 0 amide bonds. The van der Waals surface area contributed by atoms with Crippen LogP contribution in [0.2, 0.25) is 0 Å². The van der Waals surface area contributed by atoms with Crippen LogP contribution in [0.4, 0.5) is 8.78 Å². The summed E-state index contributed by atoms with van der Waals surface area (Å²) < 4.78 is 25.9. The summed E-state index contributed by atoms with van der Waals surface area (Å²) in [6.45, 7) is 1.37. The molecule has 1 aromatic rings. The predicted octanol–water partition coefficient (Wildman–Crippen LogP) is 4.54. The third-order valence-electron chi connectivity index (χ3n) is 2.22. The van der Waals surface area contributed by atoms with Crippen molar-refractivity contribution in [1.82, 2.24) is 0 Å². The fraction of sp³-hybridized carbons (Fsp3) is 0.364. The Morgan fingerprint density at radius 3 is 2.50 bits per heavy atom. The van der Waals surface area contributed by atoms with E-state index in [1.165, 1.54) is 6.92 Å². The highest BCUT2D eigenvalue weighted by Crippen LogP contribution is 2.35. The third kappa shape index (κ3) is 2.88. The van der Waals surface area contributed by atoms with Gasteiger partial charge < -0.3 is 0 Å². The van der Waals surface area contributed by atoms with Crippen molar-refractivity contribution in [1.29, 1.82) is 0 Å². The van der Waals surface area contributed by atoms with Crippen LogP contribution in [0.15, 0.2) is 18.2 Å². The first-order valence-electron chi connectivity index (χ1n) is 4.59. The van der Waals surface area contributed by atoms with Gasteiger partial charge in [0, 0.05) is 10.9 Å². The summed E-state index contributed by atoms with van der Waals surface area (Å²) in [4.78, 5) is 10.5. The van der Waals surface area contributed by atoms with E-state index in [1.807, 2.05) is 0 Å². The molecule has 1 nitrogen and oxygen atoms in total. The van der Waals surface area contributed by atoms with Gasteiger partial charge in [0.15, 0.2) is 0 Å². The van der Waals surface area contributed by atoms with Gasteiger partial charge in [-0.1, -0.05) is 50.1 Å². The smallest absolute Gasteiger partial charge is 0.264 e. The number of rotatable bonds is 4. The number of carbonyl (C=O) groups excluding carboxylic acids is 1. The van der Waals surface area contributed by atoms with Crippen LogP contribution in [0, 0.1) is 0 Å². The second kappa shape index (κ2) is 5.87. The lowest BCUT2D eigenvalue weighted by Crippen LogP contribution is -2.07. The van der Waals surface area contributed by atoms with Gasteiger partial charge in [0.25, 0.3) is 6.43 Å². The molecule has 0 spiro atoms. The minimum Gasteiger partial charge on any atom is -0.298 e. The first-order valence-corrected chi connectivity index (χ1v) is 6.63. The number of alkyl halides is 4. The maximum absolute atomic E-state index is 12.9. The Balaban J connectivity index is 3.32. The van der Waals surface area contributed by atoms with Gasteiger partial charge >= 0.3 is 0 Å². The van der Waals surface area contributed by atoms with E-state index >= 15 is 0 Å². The first-order chi connectivity index (χ1) is 7.49. The minimum atomic E-state index is -2.58. The van der Waals surface area contributed by atoms with Crippen molar-refractivity contribution >= 4 is 37.6 Å². The van der Waals surface area contributed by atoms with Crippen molar-refractivity contribution in [2.45, 2.75) is 23.5 Å². The Bertz CT molecular complexity index is 394. The molecule has 0 N–H and O–H groups in total. The molecule has 0 bridgehead atoms. The lowest BCUT2D eigenvalue weighted by molar-refractivity contribution is -0.116. The van der Waals surface area contributed by atoms with Gasteiger partial charge in [-0.3, -0.25) is 4.79 Å². The average Bonchev–Trinajstić information content (AvgIpc) is 2.26. The second-order valence-corrected chi connectivity index (χ2v) is 4.80. The van der Waals surface area contributed by atoms with Gasteiger partial charge in [0.2, 0.25) is 0 Å². The lowest BCUT2D eigenvalue weighted by Gasteiger charge is -2.15. The number of benzene rings is 1. The first kappa shape index (κ1) is 13.8. The highest BCUT2D eigenvalue weighted by atomic mass is 79.9. The van der Waals surface area contributed by atoms with Gasteiger partial charge in [-0.15, -0.1) is 0 Å². The topological polar surface area (TPSA) is 17.1 Å². The van der Waals surface area contributed by atoms with E-state index in [0.29, 0.717) is 16.5 Å². The molecule has 0 heterocycles. The van der Waals surface area contributed by atoms with Crippen molar-refractivity contribution in [2.24, 2.45) is 0 Å². The number of hydrogen-bond acceptors (Lipinski definition) is 1.